The molecule has 5 rings (SSSR count). The Labute approximate surface area is 240 Å². The zero-order valence-corrected chi connectivity index (χ0v) is 24.0. The molecule has 0 saturated carbocycles. The van der Waals surface area contributed by atoms with Crippen LogP contribution in [0.4, 0.5) is 11.6 Å². The lowest BCUT2D eigenvalue weighted by Crippen LogP contribution is -2.39. The van der Waals surface area contributed by atoms with Crippen molar-refractivity contribution in [3.05, 3.63) is 83.7 Å². The van der Waals surface area contributed by atoms with Gasteiger partial charge in [-0.05, 0) is 50.7 Å². The summed E-state index contributed by atoms with van der Waals surface area (Å²) in [5, 5.41) is 5.15. The molecule has 1 fully saturated rings. The van der Waals surface area contributed by atoms with Gasteiger partial charge in [0.05, 0.1) is 16.9 Å². The molecular formula is C31H36ClN7O. The van der Waals surface area contributed by atoms with Gasteiger partial charge in [0.25, 0.3) is 0 Å². The number of rotatable bonds is 9. The van der Waals surface area contributed by atoms with E-state index in [1.807, 2.05) is 68.6 Å². The number of H-pyrrole nitrogens is 1. The average molecular weight is 558 g/mol. The summed E-state index contributed by atoms with van der Waals surface area (Å²) in [5.74, 6) is 0.580. The lowest BCUT2D eigenvalue weighted by molar-refractivity contribution is -0.113. The van der Waals surface area contributed by atoms with Crippen LogP contribution < -0.4 is 10.2 Å². The van der Waals surface area contributed by atoms with Gasteiger partial charge < -0.3 is 20.1 Å². The second kappa shape index (κ2) is 12.6. The minimum Gasteiger partial charge on any atom is -0.360 e. The average Bonchev–Trinajstić information content (AvgIpc) is 3.39. The van der Waals surface area contributed by atoms with Crippen molar-refractivity contribution in [3.63, 3.8) is 0 Å². The molecular weight excluding hydrogens is 522 g/mol. The Morgan fingerprint density at radius 2 is 1.88 bits per heavy atom. The van der Waals surface area contributed by atoms with E-state index in [4.69, 9.17) is 16.6 Å². The number of aromatic nitrogens is 3. The zero-order valence-electron chi connectivity index (χ0n) is 23.3. The summed E-state index contributed by atoms with van der Waals surface area (Å²) < 4.78 is 0. The van der Waals surface area contributed by atoms with Crippen LogP contribution in [0.5, 0.6) is 0 Å². The molecule has 8 nitrogen and oxygen atoms in total. The van der Waals surface area contributed by atoms with Crippen molar-refractivity contribution in [2.45, 2.75) is 25.4 Å². The SMILES string of the molecule is CN(C)C/C=C/C(=O)N(C)c1ccc(CN2CCC(Nc3ncc(Cl)c(-c4c[nH]c5ccccc45)n3)CC2)cc1. The van der Waals surface area contributed by atoms with Crippen LogP contribution in [0.15, 0.2) is 73.1 Å². The molecule has 9 heteroatoms. The molecule has 0 atom stereocenters. The highest BCUT2D eigenvalue weighted by Gasteiger charge is 2.21. The lowest BCUT2D eigenvalue weighted by Gasteiger charge is -2.32. The van der Waals surface area contributed by atoms with Crippen LogP contribution in [0.1, 0.15) is 18.4 Å². The first-order chi connectivity index (χ1) is 19.4. The number of para-hydroxylation sites is 1. The van der Waals surface area contributed by atoms with Gasteiger partial charge in [0.15, 0.2) is 0 Å². The summed E-state index contributed by atoms with van der Waals surface area (Å²) in [4.78, 5) is 31.1. The number of nitrogens with one attached hydrogen (secondary N) is 2. The molecule has 1 aliphatic rings. The van der Waals surface area contributed by atoms with Gasteiger partial charge in [0.1, 0.15) is 0 Å². The third-order valence-electron chi connectivity index (χ3n) is 7.30. The van der Waals surface area contributed by atoms with Gasteiger partial charge in [-0.25, -0.2) is 9.97 Å². The maximum absolute atomic E-state index is 12.4. The number of carbonyl (C=O) groups excluding carboxylic acids is 1. The van der Waals surface area contributed by atoms with Crippen LogP contribution in [-0.4, -0.2) is 77.5 Å². The van der Waals surface area contributed by atoms with Crippen molar-refractivity contribution in [3.8, 4) is 11.3 Å². The molecule has 208 valence electrons. The number of nitrogens with zero attached hydrogens (tertiary/aromatic N) is 5. The van der Waals surface area contributed by atoms with E-state index in [1.54, 1.807) is 17.2 Å². The Morgan fingerprint density at radius 3 is 2.62 bits per heavy atom. The maximum atomic E-state index is 12.4. The maximum Gasteiger partial charge on any atom is 0.250 e. The van der Waals surface area contributed by atoms with E-state index in [0.29, 0.717) is 17.0 Å². The Balaban J connectivity index is 1.14. The molecule has 1 amide bonds. The van der Waals surface area contributed by atoms with Gasteiger partial charge in [0, 0.05) is 73.7 Å². The van der Waals surface area contributed by atoms with Gasteiger partial charge in [-0.15, -0.1) is 0 Å². The van der Waals surface area contributed by atoms with E-state index >= 15 is 0 Å². The highest BCUT2D eigenvalue weighted by Crippen LogP contribution is 2.32. The minimum absolute atomic E-state index is 0.0255. The molecule has 2 aromatic carbocycles. The third-order valence-corrected chi connectivity index (χ3v) is 7.58. The molecule has 40 heavy (non-hydrogen) atoms. The standard InChI is InChI=1S/C31H36ClN7O/c1-37(2)16-6-9-29(40)38(3)24-12-10-22(11-13-24)21-39-17-14-23(15-18-39)35-31-34-20-27(32)30(36-31)26-19-33-28-8-5-4-7-25(26)28/h4-13,19-20,23,33H,14-18,21H2,1-3H3,(H,34,35,36)/b9-6+. The molecule has 3 heterocycles. The van der Waals surface area contributed by atoms with E-state index in [-0.39, 0.29) is 5.91 Å². The van der Waals surface area contributed by atoms with Gasteiger partial charge in [-0.2, -0.15) is 0 Å². The first kappa shape index (κ1) is 27.8. The number of fused-ring (bicyclic) bond motifs is 1. The fourth-order valence-corrected chi connectivity index (χ4v) is 5.19. The molecule has 0 aliphatic carbocycles. The van der Waals surface area contributed by atoms with Gasteiger partial charge in [-0.1, -0.05) is 48.0 Å². The Hall–Kier alpha value is -3.72. The number of aromatic amines is 1. The first-order valence-electron chi connectivity index (χ1n) is 13.6. The lowest BCUT2D eigenvalue weighted by atomic mass is 10.0. The van der Waals surface area contributed by atoms with Crippen molar-refractivity contribution >= 4 is 40.0 Å². The third kappa shape index (κ3) is 6.70. The zero-order chi connectivity index (χ0) is 28.1. The van der Waals surface area contributed by atoms with Crippen molar-refractivity contribution in [2.75, 3.05) is 51.0 Å². The number of benzene rings is 2. The monoisotopic (exact) mass is 557 g/mol. The Morgan fingerprint density at radius 1 is 1.12 bits per heavy atom. The van der Waals surface area contributed by atoms with E-state index in [0.717, 1.165) is 66.9 Å². The summed E-state index contributed by atoms with van der Waals surface area (Å²) in [7, 11) is 5.77. The largest absolute Gasteiger partial charge is 0.360 e. The topological polar surface area (TPSA) is 80.4 Å². The molecule has 1 aliphatic heterocycles. The van der Waals surface area contributed by atoms with Gasteiger partial charge in [-0.3, -0.25) is 9.69 Å². The Kier molecular flexibility index (Phi) is 8.79. The normalized spacial score (nSPS) is 14.8. The van der Waals surface area contributed by atoms with Crippen LogP contribution in [0.25, 0.3) is 22.2 Å². The van der Waals surface area contributed by atoms with E-state index in [9.17, 15) is 4.79 Å². The van der Waals surface area contributed by atoms with Crippen molar-refractivity contribution < 1.29 is 4.79 Å². The van der Waals surface area contributed by atoms with Crippen LogP contribution in [0, 0.1) is 0 Å². The van der Waals surface area contributed by atoms with E-state index in [1.165, 1.54) is 5.56 Å². The quantitative estimate of drug-likeness (QED) is 0.267. The summed E-state index contributed by atoms with van der Waals surface area (Å²) in [6.07, 6.45) is 9.15. The number of likely N-dealkylation sites (tertiary alicyclic amines) is 1. The molecule has 0 bridgehead atoms. The first-order valence-corrected chi connectivity index (χ1v) is 14.0. The molecule has 0 radical (unpaired) electrons. The van der Waals surface area contributed by atoms with Gasteiger partial charge in [0.2, 0.25) is 11.9 Å². The van der Waals surface area contributed by atoms with Crippen LogP contribution in [0.2, 0.25) is 5.02 Å². The predicted molar refractivity (Wildman–Crippen MR) is 164 cm³/mol. The predicted octanol–water partition coefficient (Wildman–Crippen LogP) is 5.44. The number of amides is 1. The summed E-state index contributed by atoms with van der Waals surface area (Å²) in [5.41, 5.74) is 4.89. The van der Waals surface area contributed by atoms with E-state index in [2.05, 4.69) is 38.4 Å². The number of halogens is 1. The van der Waals surface area contributed by atoms with Crippen molar-refractivity contribution in [2.24, 2.45) is 0 Å². The number of hydrogen-bond donors (Lipinski definition) is 2. The van der Waals surface area contributed by atoms with Crippen molar-refractivity contribution in [1.29, 1.82) is 0 Å². The second-order valence-electron chi connectivity index (χ2n) is 10.6. The van der Waals surface area contributed by atoms with Crippen LogP contribution >= 0.6 is 11.6 Å². The number of piperidine rings is 1. The highest BCUT2D eigenvalue weighted by atomic mass is 35.5. The highest BCUT2D eigenvalue weighted by molar-refractivity contribution is 6.33. The molecule has 2 N–H and O–H groups in total. The fraction of sp³-hybridized carbons (Fsp3) is 0.323. The molecule has 1 saturated heterocycles. The summed E-state index contributed by atoms with van der Waals surface area (Å²) >= 11 is 6.50. The molecule has 0 unspecified atom stereocenters. The van der Waals surface area contributed by atoms with Crippen LogP contribution in [0.3, 0.4) is 0 Å². The smallest absolute Gasteiger partial charge is 0.250 e. The Bertz CT molecular complexity index is 1470. The van der Waals surface area contributed by atoms with Gasteiger partial charge >= 0.3 is 0 Å². The number of carbonyl (C=O) groups is 1. The number of likely N-dealkylation sites (N-methyl/N-ethyl adjacent to an activating group) is 2. The minimum atomic E-state index is -0.0255. The van der Waals surface area contributed by atoms with Crippen molar-refractivity contribution in [1.82, 2.24) is 24.8 Å². The van der Waals surface area contributed by atoms with E-state index < -0.39 is 0 Å². The molecule has 4 aromatic rings. The molecule has 0 spiro atoms. The number of anilines is 2. The van der Waals surface area contributed by atoms with Crippen LogP contribution in [-0.2, 0) is 11.3 Å². The summed E-state index contributed by atoms with van der Waals surface area (Å²) in [6, 6.07) is 16.7. The fourth-order valence-electron chi connectivity index (χ4n) is 5.00. The molecule has 2 aromatic heterocycles. The summed E-state index contributed by atoms with van der Waals surface area (Å²) in [6.45, 7) is 3.59. The second-order valence-corrected chi connectivity index (χ2v) is 11.0. The number of hydrogen-bond acceptors (Lipinski definition) is 6.